The second-order valence-electron chi connectivity index (χ2n) is 5.84. The first kappa shape index (κ1) is 18.6. The number of carbonyl (C=O) groups is 1. The molecule has 0 aliphatic rings. The van der Waals surface area contributed by atoms with Gasteiger partial charge in [-0.2, -0.15) is 0 Å². The molecule has 0 radical (unpaired) electrons. The average molecular weight is 431 g/mol. The van der Waals surface area contributed by atoms with Crippen LogP contribution in [0, 0.1) is 6.92 Å². The first-order valence-electron chi connectivity index (χ1n) is 8.31. The highest BCUT2D eigenvalue weighted by Crippen LogP contribution is 2.26. The zero-order chi connectivity index (χ0) is 18.4. The van der Waals surface area contributed by atoms with Crippen molar-refractivity contribution in [3.05, 3.63) is 63.9 Å². The van der Waals surface area contributed by atoms with E-state index in [-0.39, 0.29) is 5.91 Å². The van der Waals surface area contributed by atoms with E-state index in [1.54, 1.807) is 0 Å². The summed E-state index contributed by atoms with van der Waals surface area (Å²) < 4.78 is 6.64. The summed E-state index contributed by atoms with van der Waals surface area (Å²) in [6.45, 7) is 2.52. The molecule has 1 amide bonds. The van der Waals surface area contributed by atoms with Gasteiger partial charge in [-0.25, -0.2) is 4.98 Å². The van der Waals surface area contributed by atoms with Gasteiger partial charge in [-0.05, 0) is 47.0 Å². The molecule has 0 aliphatic carbocycles. The molecule has 0 saturated heterocycles. The van der Waals surface area contributed by atoms with Crippen molar-refractivity contribution in [2.75, 3.05) is 11.9 Å². The number of halogens is 1. The number of nitrogens with zero attached hydrogens (tertiary/aromatic N) is 1. The maximum atomic E-state index is 12.1. The first-order valence-corrected chi connectivity index (χ1v) is 9.99. The molecule has 0 spiro atoms. The van der Waals surface area contributed by atoms with Gasteiger partial charge in [-0.15, -0.1) is 11.3 Å². The van der Waals surface area contributed by atoms with E-state index >= 15 is 0 Å². The third-order valence-corrected chi connectivity index (χ3v) is 5.09. The standard InChI is InChI=1S/C20H19BrN2O2S/c1-14-9-10-18(16(21)12-14)25-11-5-8-19(24)23-20-22-17(13-26-20)15-6-3-2-4-7-15/h2-4,6-7,9-10,12-13H,5,8,11H2,1H3,(H,22,23,24). The van der Waals surface area contributed by atoms with E-state index in [0.717, 1.165) is 21.5 Å². The van der Waals surface area contributed by atoms with Gasteiger partial charge < -0.3 is 10.1 Å². The fourth-order valence-electron chi connectivity index (χ4n) is 2.39. The SMILES string of the molecule is Cc1ccc(OCCCC(=O)Nc2nc(-c3ccccc3)cs2)c(Br)c1. The number of hydrogen-bond acceptors (Lipinski definition) is 4. The Morgan fingerprint density at radius 2 is 2.04 bits per heavy atom. The van der Waals surface area contributed by atoms with Crippen molar-refractivity contribution in [3.63, 3.8) is 0 Å². The minimum atomic E-state index is -0.0504. The quantitative estimate of drug-likeness (QED) is 0.490. The molecule has 0 saturated carbocycles. The molecule has 26 heavy (non-hydrogen) atoms. The lowest BCUT2D eigenvalue weighted by Crippen LogP contribution is -2.12. The molecule has 3 rings (SSSR count). The van der Waals surface area contributed by atoms with Crippen molar-refractivity contribution in [2.24, 2.45) is 0 Å². The normalized spacial score (nSPS) is 10.5. The number of amides is 1. The third kappa shape index (κ3) is 5.16. The molecule has 6 heteroatoms. The summed E-state index contributed by atoms with van der Waals surface area (Å²) in [5.41, 5.74) is 3.08. The number of nitrogens with one attached hydrogen (secondary N) is 1. The van der Waals surface area contributed by atoms with Crippen molar-refractivity contribution in [2.45, 2.75) is 19.8 Å². The number of thiazole rings is 1. The van der Waals surface area contributed by atoms with E-state index < -0.39 is 0 Å². The maximum Gasteiger partial charge on any atom is 0.226 e. The maximum absolute atomic E-state index is 12.1. The van der Waals surface area contributed by atoms with Crippen molar-refractivity contribution < 1.29 is 9.53 Å². The number of rotatable bonds is 7. The van der Waals surface area contributed by atoms with Crippen molar-refractivity contribution in [3.8, 4) is 17.0 Å². The van der Waals surface area contributed by atoms with Gasteiger partial charge in [0.1, 0.15) is 5.75 Å². The summed E-state index contributed by atoms with van der Waals surface area (Å²) in [4.78, 5) is 16.5. The number of carbonyl (C=O) groups excluding carboxylic acids is 1. The molecule has 0 unspecified atom stereocenters. The molecule has 1 N–H and O–H groups in total. The Bertz CT molecular complexity index is 881. The molecule has 1 aromatic heterocycles. The summed E-state index contributed by atoms with van der Waals surface area (Å²) >= 11 is 4.91. The van der Waals surface area contributed by atoms with Gasteiger partial charge in [0.15, 0.2) is 5.13 Å². The van der Waals surface area contributed by atoms with Crippen molar-refractivity contribution >= 4 is 38.3 Å². The molecule has 2 aromatic carbocycles. The van der Waals surface area contributed by atoms with Crippen LogP contribution >= 0.6 is 27.3 Å². The Kier molecular flexibility index (Phi) is 6.41. The monoisotopic (exact) mass is 430 g/mol. The molecule has 3 aromatic rings. The minimum Gasteiger partial charge on any atom is -0.492 e. The summed E-state index contributed by atoms with van der Waals surface area (Å²) in [5, 5.41) is 5.42. The van der Waals surface area contributed by atoms with Crippen LogP contribution in [0.15, 0.2) is 58.4 Å². The van der Waals surface area contributed by atoms with Crippen LogP contribution in [-0.4, -0.2) is 17.5 Å². The van der Waals surface area contributed by atoms with Crippen LogP contribution in [0.5, 0.6) is 5.75 Å². The van der Waals surface area contributed by atoms with Gasteiger partial charge >= 0.3 is 0 Å². The lowest BCUT2D eigenvalue weighted by atomic mass is 10.2. The minimum absolute atomic E-state index is 0.0504. The largest absolute Gasteiger partial charge is 0.492 e. The fourth-order valence-corrected chi connectivity index (χ4v) is 3.74. The number of ether oxygens (including phenoxy) is 1. The van der Waals surface area contributed by atoms with Gasteiger partial charge in [0, 0.05) is 17.4 Å². The summed E-state index contributed by atoms with van der Waals surface area (Å²) in [5.74, 6) is 0.744. The molecule has 1 heterocycles. The highest BCUT2D eigenvalue weighted by atomic mass is 79.9. The number of benzene rings is 2. The second kappa shape index (κ2) is 8.96. The Hall–Kier alpha value is -2.18. The second-order valence-corrected chi connectivity index (χ2v) is 7.55. The number of anilines is 1. The number of aryl methyl sites for hydroxylation is 1. The van der Waals surface area contributed by atoms with Gasteiger partial charge in [0.05, 0.1) is 16.8 Å². The summed E-state index contributed by atoms with van der Waals surface area (Å²) in [6, 6.07) is 15.9. The van der Waals surface area contributed by atoms with Crippen molar-refractivity contribution in [1.29, 1.82) is 0 Å². The van der Waals surface area contributed by atoms with Crippen LogP contribution in [-0.2, 0) is 4.79 Å². The van der Waals surface area contributed by atoms with Crippen molar-refractivity contribution in [1.82, 2.24) is 4.98 Å². The van der Waals surface area contributed by atoms with Crippen LogP contribution < -0.4 is 10.1 Å². The Morgan fingerprint density at radius 1 is 1.23 bits per heavy atom. The summed E-state index contributed by atoms with van der Waals surface area (Å²) in [6.07, 6.45) is 1.03. The lowest BCUT2D eigenvalue weighted by Gasteiger charge is -2.08. The predicted octanol–water partition coefficient (Wildman–Crippen LogP) is 5.68. The fraction of sp³-hybridized carbons (Fsp3) is 0.200. The van der Waals surface area contributed by atoms with E-state index in [1.807, 2.05) is 60.8 Å². The molecule has 0 fully saturated rings. The van der Waals surface area contributed by atoms with Crippen LogP contribution in [0.1, 0.15) is 18.4 Å². The molecular weight excluding hydrogens is 412 g/mol. The van der Waals surface area contributed by atoms with Gasteiger partial charge in [-0.1, -0.05) is 36.4 Å². The molecule has 134 valence electrons. The Labute approximate surface area is 165 Å². The highest BCUT2D eigenvalue weighted by Gasteiger charge is 2.08. The van der Waals surface area contributed by atoms with Gasteiger partial charge in [0.25, 0.3) is 0 Å². The van der Waals surface area contributed by atoms with Crippen LogP contribution in [0.25, 0.3) is 11.3 Å². The smallest absolute Gasteiger partial charge is 0.226 e. The van der Waals surface area contributed by atoms with E-state index in [0.29, 0.717) is 24.6 Å². The van der Waals surface area contributed by atoms with Gasteiger partial charge in [0.2, 0.25) is 5.91 Å². The first-order chi connectivity index (χ1) is 12.6. The third-order valence-electron chi connectivity index (χ3n) is 3.71. The molecule has 0 bridgehead atoms. The zero-order valence-electron chi connectivity index (χ0n) is 14.4. The highest BCUT2D eigenvalue weighted by molar-refractivity contribution is 9.10. The van der Waals surface area contributed by atoms with Crippen LogP contribution in [0.2, 0.25) is 0 Å². The van der Waals surface area contributed by atoms with E-state index in [9.17, 15) is 4.79 Å². The Morgan fingerprint density at radius 3 is 2.81 bits per heavy atom. The Balaban J connectivity index is 1.44. The topological polar surface area (TPSA) is 51.2 Å². The average Bonchev–Trinajstić information content (AvgIpc) is 3.09. The lowest BCUT2D eigenvalue weighted by molar-refractivity contribution is -0.116. The summed E-state index contributed by atoms with van der Waals surface area (Å²) in [7, 11) is 0. The number of hydrogen-bond donors (Lipinski definition) is 1. The van der Waals surface area contributed by atoms with Crippen LogP contribution in [0.4, 0.5) is 5.13 Å². The molecular formula is C20H19BrN2O2S. The zero-order valence-corrected chi connectivity index (χ0v) is 16.8. The molecule has 0 aliphatic heterocycles. The molecule has 4 nitrogen and oxygen atoms in total. The van der Waals surface area contributed by atoms with E-state index in [2.05, 4.69) is 26.2 Å². The number of aromatic nitrogens is 1. The van der Waals surface area contributed by atoms with E-state index in [1.165, 1.54) is 16.9 Å². The van der Waals surface area contributed by atoms with Crippen LogP contribution in [0.3, 0.4) is 0 Å². The van der Waals surface area contributed by atoms with E-state index in [4.69, 9.17) is 4.74 Å². The molecule has 0 atom stereocenters. The predicted molar refractivity (Wildman–Crippen MR) is 110 cm³/mol. The van der Waals surface area contributed by atoms with Gasteiger partial charge in [-0.3, -0.25) is 4.79 Å².